The van der Waals surface area contributed by atoms with Gasteiger partial charge in [-0.15, -0.1) is 0 Å². The zero-order chi connectivity index (χ0) is 11.9. The predicted octanol–water partition coefficient (Wildman–Crippen LogP) is 1.57. The summed E-state index contributed by atoms with van der Waals surface area (Å²) in [5.41, 5.74) is 2.00. The summed E-state index contributed by atoms with van der Waals surface area (Å²) >= 11 is 0. The lowest BCUT2D eigenvalue weighted by Crippen LogP contribution is -2.42. The zero-order valence-electron chi connectivity index (χ0n) is 10.4. The van der Waals surface area contributed by atoms with E-state index in [1.807, 2.05) is 0 Å². The van der Waals surface area contributed by atoms with Crippen molar-refractivity contribution >= 4 is 0 Å². The third kappa shape index (κ3) is 1.88. The topological polar surface area (TPSA) is 52.7 Å². The van der Waals surface area contributed by atoms with E-state index in [1.165, 1.54) is 0 Å². The third-order valence-corrected chi connectivity index (χ3v) is 3.58. The maximum absolute atomic E-state index is 11.8. The minimum Gasteiger partial charge on any atom is -0.710 e. The van der Waals surface area contributed by atoms with Crippen molar-refractivity contribution in [3.63, 3.8) is 0 Å². The van der Waals surface area contributed by atoms with E-state index in [-0.39, 0.29) is 5.41 Å². The molecule has 1 aromatic rings. The minimum atomic E-state index is 0.276. The highest BCUT2D eigenvalue weighted by Gasteiger charge is 2.32. The lowest BCUT2D eigenvalue weighted by Gasteiger charge is -2.33. The first-order valence-electron chi connectivity index (χ1n) is 5.84. The van der Waals surface area contributed by atoms with Crippen LogP contribution in [0.1, 0.15) is 44.4 Å². The van der Waals surface area contributed by atoms with E-state index in [0.717, 1.165) is 35.4 Å². The van der Waals surface area contributed by atoms with Gasteiger partial charge in [-0.2, -0.15) is 0 Å². The third-order valence-electron chi connectivity index (χ3n) is 3.58. The summed E-state index contributed by atoms with van der Waals surface area (Å²) in [6.45, 7) is 8.44. The molecule has 1 aliphatic rings. The summed E-state index contributed by atoms with van der Waals surface area (Å²) in [7, 11) is 0. The second kappa shape index (κ2) is 3.68. The predicted molar refractivity (Wildman–Crippen MR) is 60.7 cm³/mol. The van der Waals surface area contributed by atoms with Gasteiger partial charge < -0.3 is 5.21 Å². The quantitative estimate of drug-likeness (QED) is 0.493. The van der Waals surface area contributed by atoms with Gasteiger partial charge in [-0.25, -0.2) is 4.73 Å². The van der Waals surface area contributed by atoms with E-state index in [4.69, 9.17) is 0 Å². The number of hydrogen-bond donors (Lipinski definition) is 0. The highest BCUT2D eigenvalue weighted by atomic mass is 16.5. The molecule has 1 heterocycles. The van der Waals surface area contributed by atoms with Gasteiger partial charge in [0.05, 0.1) is 5.10 Å². The fraction of sp³-hybridized carbons (Fsp3) is 0.750. The molecule has 0 aliphatic heterocycles. The first-order valence-corrected chi connectivity index (χ1v) is 5.84. The molecule has 4 nitrogen and oxygen atoms in total. The number of hydrogen-bond acceptors (Lipinski definition) is 3. The van der Waals surface area contributed by atoms with Gasteiger partial charge in [0, 0.05) is 19.8 Å². The van der Waals surface area contributed by atoms with Crippen LogP contribution < -0.4 is 4.73 Å². The van der Waals surface area contributed by atoms with Crippen molar-refractivity contribution in [1.29, 1.82) is 0 Å². The Bertz CT molecular complexity index is 409. The average molecular weight is 221 g/mol. The Hall–Kier alpha value is -1.19. The molecule has 88 valence electrons. The number of aryl methyl sites for hydroxylation is 1. The van der Waals surface area contributed by atoms with E-state index in [0.29, 0.717) is 11.7 Å². The number of aromatic nitrogens is 3. The van der Waals surface area contributed by atoms with Gasteiger partial charge in [0.1, 0.15) is 11.4 Å². The molecule has 0 fully saturated rings. The molecule has 1 aliphatic carbocycles. The van der Waals surface area contributed by atoms with Crippen molar-refractivity contribution < 1.29 is 4.73 Å². The van der Waals surface area contributed by atoms with Crippen LogP contribution in [0.25, 0.3) is 0 Å². The lowest BCUT2D eigenvalue weighted by molar-refractivity contribution is -0.626. The highest BCUT2D eigenvalue weighted by Crippen LogP contribution is 2.35. The first-order chi connectivity index (χ1) is 7.39. The van der Waals surface area contributed by atoms with E-state index in [1.54, 1.807) is 6.92 Å². The van der Waals surface area contributed by atoms with Crippen LogP contribution in [-0.2, 0) is 12.8 Å². The summed E-state index contributed by atoms with van der Waals surface area (Å²) < 4.78 is 0.946. The van der Waals surface area contributed by atoms with Gasteiger partial charge in [0.2, 0.25) is 0 Å². The van der Waals surface area contributed by atoms with Gasteiger partial charge in [0.15, 0.2) is 0 Å². The fourth-order valence-corrected chi connectivity index (χ4v) is 2.33. The first kappa shape index (κ1) is 11.3. The maximum atomic E-state index is 11.8. The van der Waals surface area contributed by atoms with Gasteiger partial charge in [-0.3, -0.25) is 0 Å². The number of fused-ring (bicyclic) bond motifs is 1. The summed E-state index contributed by atoms with van der Waals surface area (Å²) in [5, 5.41) is 19.9. The van der Waals surface area contributed by atoms with Crippen molar-refractivity contribution in [2.24, 2.45) is 11.3 Å². The zero-order valence-corrected chi connectivity index (χ0v) is 10.4. The fourth-order valence-electron chi connectivity index (χ4n) is 2.33. The van der Waals surface area contributed by atoms with Crippen molar-refractivity contribution in [2.75, 3.05) is 0 Å². The Morgan fingerprint density at radius 3 is 2.62 bits per heavy atom. The van der Waals surface area contributed by atoms with Crippen LogP contribution in [0.4, 0.5) is 0 Å². The molecule has 1 unspecified atom stereocenters. The number of rotatable bonds is 0. The SMILES string of the molecule is Cc1nnc2c([n+]1[O-])CCC(C(C)(C)C)C2. The van der Waals surface area contributed by atoms with Gasteiger partial charge >= 0.3 is 5.82 Å². The summed E-state index contributed by atoms with van der Waals surface area (Å²) in [4.78, 5) is 0. The van der Waals surface area contributed by atoms with Crippen LogP contribution in [0.5, 0.6) is 0 Å². The Morgan fingerprint density at radius 1 is 1.31 bits per heavy atom. The molecule has 1 aromatic heterocycles. The maximum Gasteiger partial charge on any atom is 0.326 e. The molecule has 0 aromatic carbocycles. The lowest BCUT2D eigenvalue weighted by atomic mass is 9.72. The van der Waals surface area contributed by atoms with E-state index < -0.39 is 0 Å². The van der Waals surface area contributed by atoms with E-state index in [9.17, 15) is 5.21 Å². The molecule has 0 saturated carbocycles. The number of nitrogens with zero attached hydrogens (tertiary/aromatic N) is 3. The molecule has 4 heteroatoms. The molecule has 2 rings (SSSR count). The Labute approximate surface area is 96.3 Å². The molecular formula is C12H19N3O. The van der Waals surface area contributed by atoms with Crippen LogP contribution >= 0.6 is 0 Å². The van der Waals surface area contributed by atoms with Gasteiger partial charge in [0.25, 0.3) is 0 Å². The highest BCUT2D eigenvalue weighted by molar-refractivity contribution is 5.11. The Morgan fingerprint density at radius 2 is 2.00 bits per heavy atom. The largest absolute Gasteiger partial charge is 0.710 e. The van der Waals surface area contributed by atoms with Crippen molar-refractivity contribution in [3.8, 4) is 0 Å². The molecular weight excluding hydrogens is 202 g/mol. The standard InChI is InChI=1S/C12H19N3O/c1-8-13-14-10-7-9(12(2,3)4)5-6-11(10)15(8)16/h9H,5-7H2,1-4H3. The second-order valence-electron chi connectivity index (χ2n) is 5.74. The molecule has 0 bridgehead atoms. The smallest absolute Gasteiger partial charge is 0.326 e. The van der Waals surface area contributed by atoms with Crippen LogP contribution in [0.2, 0.25) is 0 Å². The minimum absolute atomic E-state index is 0.276. The molecule has 0 N–H and O–H groups in total. The average Bonchev–Trinajstić information content (AvgIpc) is 2.22. The van der Waals surface area contributed by atoms with E-state index in [2.05, 4.69) is 31.0 Å². The summed E-state index contributed by atoms with van der Waals surface area (Å²) in [6, 6.07) is 0. The molecule has 0 saturated heterocycles. The summed E-state index contributed by atoms with van der Waals surface area (Å²) in [5.74, 6) is 1.05. The van der Waals surface area contributed by atoms with Crippen LogP contribution in [0.3, 0.4) is 0 Å². The second-order valence-corrected chi connectivity index (χ2v) is 5.74. The van der Waals surface area contributed by atoms with Crippen LogP contribution in [-0.4, -0.2) is 10.2 Å². The normalized spacial score (nSPS) is 20.6. The molecule has 0 spiro atoms. The van der Waals surface area contributed by atoms with Crippen LogP contribution in [0, 0.1) is 23.5 Å². The summed E-state index contributed by atoms with van der Waals surface area (Å²) in [6.07, 6.45) is 2.79. The molecule has 0 amide bonds. The van der Waals surface area contributed by atoms with Crippen molar-refractivity contribution in [3.05, 3.63) is 22.4 Å². The Kier molecular flexibility index (Phi) is 2.60. The Balaban J connectivity index is 2.33. The van der Waals surface area contributed by atoms with Gasteiger partial charge in [-0.1, -0.05) is 20.8 Å². The van der Waals surface area contributed by atoms with E-state index >= 15 is 0 Å². The molecule has 16 heavy (non-hydrogen) atoms. The molecule has 0 radical (unpaired) electrons. The van der Waals surface area contributed by atoms with Crippen molar-refractivity contribution in [2.45, 2.75) is 47.0 Å². The van der Waals surface area contributed by atoms with Crippen LogP contribution in [0.15, 0.2) is 0 Å². The monoisotopic (exact) mass is 221 g/mol. The van der Waals surface area contributed by atoms with Gasteiger partial charge in [-0.05, 0) is 22.9 Å². The molecule has 1 atom stereocenters. The van der Waals surface area contributed by atoms with Crippen molar-refractivity contribution in [1.82, 2.24) is 10.2 Å².